The summed E-state index contributed by atoms with van der Waals surface area (Å²) in [5.41, 5.74) is 1.49. The molecule has 0 amide bonds. The van der Waals surface area contributed by atoms with Crippen molar-refractivity contribution in [1.29, 1.82) is 0 Å². The molecule has 0 aromatic rings. The molecule has 0 atom stereocenters. The number of halogens is 1. The normalized spacial score (nSPS) is 24.6. The summed E-state index contributed by atoms with van der Waals surface area (Å²) < 4.78 is 9.21. The van der Waals surface area contributed by atoms with E-state index in [0.29, 0.717) is 0 Å². The summed E-state index contributed by atoms with van der Waals surface area (Å²) >= 11 is 2.96. The van der Waals surface area contributed by atoms with Gasteiger partial charge in [0.1, 0.15) is 0 Å². The first-order valence-corrected chi connectivity index (χ1v) is 14.2. The maximum absolute atomic E-state index is 5.56. The van der Waals surface area contributed by atoms with Crippen LogP contribution in [0.4, 0.5) is 0 Å². The van der Waals surface area contributed by atoms with Gasteiger partial charge in [0.15, 0.2) is 0 Å². The number of ether oxygens (including phenoxy) is 2. The van der Waals surface area contributed by atoms with Crippen molar-refractivity contribution in [3.63, 3.8) is 0 Å². The summed E-state index contributed by atoms with van der Waals surface area (Å²) in [6.45, 7) is 17.9. The Labute approximate surface area is 149 Å². The van der Waals surface area contributed by atoms with Crippen LogP contribution in [0.3, 0.4) is 0 Å². The van der Waals surface area contributed by atoms with E-state index < -0.39 is 4.25 Å². The molecule has 4 nitrogen and oxygen atoms in total. The third kappa shape index (κ3) is 4.15. The van der Waals surface area contributed by atoms with Crippen LogP contribution in [-0.2, 0) is 9.47 Å². The van der Waals surface area contributed by atoms with E-state index in [1.165, 1.54) is 12.6 Å². The van der Waals surface area contributed by atoms with Gasteiger partial charge in [-0.2, -0.15) is 0 Å². The van der Waals surface area contributed by atoms with Crippen LogP contribution in [0, 0.1) is 0 Å². The molecule has 2 rings (SSSR count). The summed E-state index contributed by atoms with van der Waals surface area (Å²) in [5, 5.41) is 0. The number of hydrogen-bond donors (Lipinski definition) is 0. The van der Waals surface area contributed by atoms with Crippen molar-refractivity contribution < 1.29 is 9.47 Å². The molecule has 2 aliphatic heterocycles. The zero-order chi connectivity index (χ0) is 16.2. The molecule has 0 aromatic carbocycles. The Morgan fingerprint density at radius 1 is 0.773 bits per heavy atom. The number of morpholine rings is 2. The maximum atomic E-state index is 5.56. The molecule has 0 aliphatic carbocycles. The van der Waals surface area contributed by atoms with Gasteiger partial charge in [0.05, 0.1) is 0 Å². The van der Waals surface area contributed by atoms with Gasteiger partial charge in [0, 0.05) is 0 Å². The van der Waals surface area contributed by atoms with Gasteiger partial charge in [0.25, 0.3) is 0 Å². The molecule has 0 saturated carbocycles. The third-order valence-electron chi connectivity index (χ3n) is 5.69. The van der Waals surface area contributed by atoms with Gasteiger partial charge < -0.3 is 0 Å². The van der Waals surface area contributed by atoms with E-state index in [1.807, 2.05) is 0 Å². The molecule has 2 fully saturated rings. The van der Waals surface area contributed by atoms with Crippen LogP contribution in [0.2, 0.25) is 0 Å². The van der Waals surface area contributed by atoms with Crippen molar-refractivity contribution in [2.75, 3.05) is 65.2 Å². The predicted octanol–water partition coefficient (Wildman–Crippen LogP) is 3.29. The molecule has 132 valence electrons. The first-order chi connectivity index (χ1) is 10.4. The Morgan fingerprint density at radius 2 is 1.09 bits per heavy atom. The van der Waals surface area contributed by atoms with Gasteiger partial charge in [0.2, 0.25) is 0 Å². The average Bonchev–Trinajstić information content (AvgIpc) is 2.49. The van der Waals surface area contributed by atoms with Crippen LogP contribution in [0.5, 0.6) is 0 Å². The molecular formula is C16H34IN2O2P. The topological polar surface area (TPSA) is 24.9 Å². The Morgan fingerprint density at radius 3 is 1.36 bits per heavy atom. The SMILES string of the molecule is CC(C)P(I)(CN1CCOCC1)(CN1CCOCC1)C(C)C. The van der Waals surface area contributed by atoms with E-state index >= 15 is 0 Å². The second kappa shape index (κ2) is 7.92. The molecule has 0 radical (unpaired) electrons. The van der Waals surface area contributed by atoms with Crippen LogP contribution in [0.1, 0.15) is 27.7 Å². The molecule has 0 aromatic heterocycles. The molecule has 2 saturated heterocycles. The van der Waals surface area contributed by atoms with E-state index in [1.54, 1.807) is 0 Å². The second-order valence-corrected chi connectivity index (χ2v) is 20.6. The van der Waals surface area contributed by atoms with E-state index in [2.05, 4.69) is 59.5 Å². The molecular weight excluding hydrogens is 410 g/mol. The number of nitrogens with zero attached hydrogens (tertiary/aromatic N) is 2. The zero-order valence-corrected chi connectivity index (χ0v) is 17.8. The molecule has 2 heterocycles. The Bertz CT molecular complexity index is 324. The van der Waals surface area contributed by atoms with Gasteiger partial charge in [-0.05, 0) is 0 Å². The quantitative estimate of drug-likeness (QED) is 0.464. The van der Waals surface area contributed by atoms with Crippen molar-refractivity contribution in [1.82, 2.24) is 9.80 Å². The first-order valence-electron chi connectivity index (χ1n) is 8.68. The summed E-state index contributed by atoms with van der Waals surface area (Å²) in [5.74, 6) is 0. The molecule has 0 N–H and O–H groups in total. The molecule has 0 bridgehead atoms. The summed E-state index contributed by atoms with van der Waals surface area (Å²) in [7, 11) is 0. The molecule has 0 unspecified atom stereocenters. The van der Waals surface area contributed by atoms with Gasteiger partial charge in [-0.15, -0.1) is 0 Å². The van der Waals surface area contributed by atoms with Gasteiger partial charge in [-0.1, -0.05) is 0 Å². The fourth-order valence-corrected chi connectivity index (χ4v) is 11.2. The molecule has 6 heteroatoms. The van der Waals surface area contributed by atoms with Crippen molar-refractivity contribution in [2.24, 2.45) is 0 Å². The fourth-order valence-electron chi connectivity index (χ4n) is 3.68. The van der Waals surface area contributed by atoms with E-state index in [4.69, 9.17) is 9.47 Å². The predicted molar refractivity (Wildman–Crippen MR) is 106 cm³/mol. The average molecular weight is 444 g/mol. The van der Waals surface area contributed by atoms with Crippen molar-refractivity contribution in [3.8, 4) is 0 Å². The number of hydrogen-bond acceptors (Lipinski definition) is 4. The van der Waals surface area contributed by atoms with Crippen LogP contribution in [0.15, 0.2) is 0 Å². The molecule has 2 aliphatic rings. The Balaban J connectivity index is 2.20. The Hall–Kier alpha value is 1.000. The third-order valence-corrected chi connectivity index (χ3v) is 21.2. The van der Waals surface area contributed by atoms with Crippen LogP contribution in [0.25, 0.3) is 0 Å². The monoisotopic (exact) mass is 444 g/mol. The van der Waals surface area contributed by atoms with Crippen LogP contribution in [-0.4, -0.2) is 86.3 Å². The second-order valence-electron chi connectivity index (χ2n) is 7.47. The van der Waals surface area contributed by atoms with Gasteiger partial charge in [-0.3, -0.25) is 0 Å². The molecule has 0 spiro atoms. The van der Waals surface area contributed by atoms with Crippen molar-refractivity contribution in [2.45, 2.75) is 39.0 Å². The van der Waals surface area contributed by atoms with Crippen molar-refractivity contribution in [3.05, 3.63) is 0 Å². The van der Waals surface area contributed by atoms with E-state index in [9.17, 15) is 0 Å². The van der Waals surface area contributed by atoms with Gasteiger partial charge in [-0.25, -0.2) is 0 Å². The molecule has 22 heavy (non-hydrogen) atoms. The minimum atomic E-state index is -1.91. The zero-order valence-electron chi connectivity index (χ0n) is 14.8. The van der Waals surface area contributed by atoms with Crippen LogP contribution < -0.4 is 0 Å². The summed E-state index contributed by atoms with van der Waals surface area (Å²) in [6.07, 6.45) is 2.56. The minimum absolute atomic E-state index is 0.747. The van der Waals surface area contributed by atoms with Crippen LogP contribution >= 0.6 is 26.3 Å². The van der Waals surface area contributed by atoms with Crippen molar-refractivity contribution >= 4 is 26.3 Å². The van der Waals surface area contributed by atoms with E-state index in [0.717, 1.165) is 63.9 Å². The summed E-state index contributed by atoms with van der Waals surface area (Å²) in [6, 6.07) is 0. The number of rotatable bonds is 6. The fraction of sp³-hybridized carbons (Fsp3) is 1.00. The van der Waals surface area contributed by atoms with E-state index in [-0.39, 0.29) is 0 Å². The summed E-state index contributed by atoms with van der Waals surface area (Å²) in [4.78, 5) is 5.35. The first kappa shape index (κ1) is 19.3. The standard InChI is InChI=1S/C16H34IN2O2P/c1-15(2)22(17,16(3)4,13-18-5-9-20-10-6-18)14-19-7-11-21-12-8-19/h15-16H,5-14H2,1-4H3. The Kier molecular flexibility index (Phi) is 6.96. The van der Waals surface area contributed by atoms with Gasteiger partial charge >= 0.3 is 150 Å².